The standard InChI is InChI=1S/C25H23F4NO3/c1-2-3-4-20(26)24(29)16-7-5-15(6-8-16)17-9-10-23(32-14-17)25(31)33-18-11-21(27)19(13-30)22(28)12-18/h5-8,11-12,17,23H,2-4,9-10,14H2,1H3. The van der Waals surface area contributed by atoms with Crippen molar-refractivity contribution in [2.45, 2.75) is 51.0 Å². The lowest BCUT2D eigenvalue weighted by Gasteiger charge is -2.28. The summed E-state index contributed by atoms with van der Waals surface area (Å²) in [6.45, 7) is 2.10. The number of halogens is 4. The quantitative estimate of drug-likeness (QED) is 0.268. The first-order valence-corrected chi connectivity index (χ1v) is 10.7. The molecule has 4 nitrogen and oxygen atoms in total. The van der Waals surface area contributed by atoms with Crippen LogP contribution in [0.4, 0.5) is 17.6 Å². The molecular weight excluding hydrogens is 438 g/mol. The average Bonchev–Trinajstić information content (AvgIpc) is 2.82. The lowest BCUT2D eigenvalue weighted by molar-refractivity contribution is -0.150. The summed E-state index contributed by atoms with van der Waals surface area (Å²) in [5.74, 6) is -5.04. The molecule has 2 aromatic carbocycles. The van der Waals surface area contributed by atoms with Gasteiger partial charge in [-0.2, -0.15) is 5.26 Å². The summed E-state index contributed by atoms with van der Waals surface area (Å²) in [6.07, 6.45) is 1.40. The third kappa shape index (κ3) is 5.99. The number of esters is 1. The van der Waals surface area contributed by atoms with Crippen LogP contribution in [0.25, 0.3) is 5.83 Å². The molecule has 2 unspecified atom stereocenters. The number of rotatable bonds is 7. The maximum absolute atomic E-state index is 14.2. The van der Waals surface area contributed by atoms with Gasteiger partial charge in [0, 0.05) is 30.0 Å². The number of ether oxygens (including phenoxy) is 2. The Hall–Kier alpha value is -3.18. The zero-order chi connectivity index (χ0) is 24.0. The number of carbonyl (C=O) groups excluding carboxylic acids is 1. The van der Waals surface area contributed by atoms with Crippen LogP contribution in [0.5, 0.6) is 5.75 Å². The van der Waals surface area contributed by atoms with E-state index in [0.29, 0.717) is 19.3 Å². The molecular formula is C25H23F4NO3. The molecule has 33 heavy (non-hydrogen) atoms. The van der Waals surface area contributed by atoms with Crippen LogP contribution in [0.3, 0.4) is 0 Å². The minimum Gasteiger partial charge on any atom is -0.424 e. The van der Waals surface area contributed by atoms with Gasteiger partial charge in [-0.25, -0.2) is 22.4 Å². The number of allylic oxidation sites excluding steroid dienone is 1. The summed E-state index contributed by atoms with van der Waals surface area (Å²) >= 11 is 0. The highest BCUT2D eigenvalue weighted by molar-refractivity contribution is 5.77. The molecule has 0 bridgehead atoms. The highest BCUT2D eigenvalue weighted by Gasteiger charge is 2.30. The van der Waals surface area contributed by atoms with Gasteiger partial charge in [0.1, 0.15) is 34.8 Å². The Morgan fingerprint density at radius 1 is 1.15 bits per heavy atom. The summed E-state index contributed by atoms with van der Waals surface area (Å²) in [6, 6.07) is 9.38. The monoisotopic (exact) mass is 461 g/mol. The fraction of sp³-hybridized carbons (Fsp3) is 0.360. The van der Waals surface area contributed by atoms with Gasteiger partial charge in [0.15, 0.2) is 11.9 Å². The van der Waals surface area contributed by atoms with Crippen molar-refractivity contribution >= 4 is 11.8 Å². The van der Waals surface area contributed by atoms with Gasteiger partial charge in [0.2, 0.25) is 0 Å². The number of nitrogens with zero attached hydrogens (tertiary/aromatic N) is 1. The highest BCUT2D eigenvalue weighted by Crippen LogP contribution is 2.31. The predicted octanol–water partition coefficient (Wildman–Crippen LogP) is 6.50. The van der Waals surface area contributed by atoms with Crippen LogP contribution in [0, 0.1) is 23.0 Å². The van der Waals surface area contributed by atoms with Gasteiger partial charge in [-0.05, 0) is 24.8 Å². The first-order chi connectivity index (χ1) is 15.8. The van der Waals surface area contributed by atoms with E-state index in [2.05, 4.69) is 0 Å². The topological polar surface area (TPSA) is 59.3 Å². The van der Waals surface area contributed by atoms with Gasteiger partial charge in [-0.3, -0.25) is 0 Å². The minimum absolute atomic E-state index is 0.0510. The number of nitriles is 1. The van der Waals surface area contributed by atoms with E-state index >= 15 is 0 Å². The van der Waals surface area contributed by atoms with Crippen molar-refractivity contribution in [2.75, 3.05) is 6.61 Å². The van der Waals surface area contributed by atoms with E-state index in [-0.39, 0.29) is 30.3 Å². The molecule has 0 spiro atoms. The van der Waals surface area contributed by atoms with E-state index < -0.39 is 40.9 Å². The Kier molecular flexibility index (Phi) is 8.23. The Labute approximate surface area is 189 Å². The van der Waals surface area contributed by atoms with Crippen LogP contribution in [-0.4, -0.2) is 18.7 Å². The van der Waals surface area contributed by atoms with Crippen LogP contribution >= 0.6 is 0 Å². The summed E-state index contributed by atoms with van der Waals surface area (Å²) in [5, 5.41) is 8.70. The van der Waals surface area contributed by atoms with E-state index in [1.807, 2.05) is 6.92 Å². The van der Waals surface area contributed by atoms with E-state index in [1.165, 1.54) is 18.2 Å². The number of carbonyl (C=O) groups is 1. The zero-order valence-corrected chi connectivity index (χ0v) is 18.0. The molecule has 8 heteroatoms. The van der Waals surface area contributed by atoms with Crippen molar-refractivity contribution in [3.8, 4) is 11.8 Å². The predicted molar refractivity (Wildman–Crippen MR) is 114 cm³/mol. The zero-order valence-electron chi connectivity index (χ0n) is 18.0. The van der Waals surface area contributed by atoms with E-state index in [9.17, 15) is 22.4 Å². The molecule has 1 heterocycles. The second kappa shape index (κ2) is 11.1. The number of unbranched alkanes of at least 4 members (excludes halogenated alkanes) is 1. The maximum Gasteiger partial charge on any atom is 0.340 e. The van der Waals surface area contributed by atoms with Crippen LogP contribution in [0.1, 0.15) is 61.6 Å². The number of benzene rings is 2. The summed E-state index contributed by atoms with van der Waals surface area (Å²) in [5.41, 5.74) is 0.285. The van der Waals surface area contributed by atoms with Crippen molar-refractivity contribution in [3.05, 3.63) is 70.5 Å². The summed E-state index contributed by atoms with van der Waals surface area (Å²) in [4.78, 5) is 12.3. The summed E-state index contributed by atoms with van der Waals surface area (Å²) < 4.78 is 66.0. The second-order valence-corrected chi connectivity index (χ2v) is 7.84. The first-order valence-electron chi connectivity index (χ1n) is 10.7. The Morgan fingerprint density at radius 3 is 2.36 bits per heavy atom. The Morgan fingerprint density at radius 2 is 1.82 bits per heavy atom. The van der Waals surface area contributed by atoms with Crippen molar-refractivity contribution < 1.29 is 31.8 Å². The molecule has 0 N–H and O–H groups in total. The normalized spacial score (nSPS) is 18.9. The van der Waals surface area contributed by atoms with Gasteiger partial charge in [0.25, 0.3) is 0 Å². The smallest absolute Gasteiger partial charge is 0.340 e. The molecule has 0 aromatic heterocycles. The van der Waals surface area contributed by atoms with Crippen molar-refractivity contribution in [1.29, 1.82) is 5.26 Å². The molecule has 2 aromatic rings. The molecule has 1 aliphatic heterocycles. The van der Waals surface area contributed by atoms with Crippen molar-refractivity contribution in [3.63, 3.8) is 0 Å². The lowest BCUT2D eigenvalue weighted by atomic mass is 9.90. The average molecular weight is 461 g/mol. The van der Waals surface area contributed by atoms with Gasteiger partial charge in [-0.15, -0.1) is 0 Å². The molecule has 174 valence electrons. The lowest BCUT2D eigenvalue weighted by Crippen LogP contribution is -2.34. The fourth-order valence-corrected chi connectivity index (χ4v) is 3.60. The molecule has 1 fully saturated rings. The highest BCUT2D eigenvalue weighted by atomic mass is 19.2. The largest absolute Gasteiger partial charge is 0.424 e. The van der Waals surface area contributed by atoms with Crippen LogP contribution in [0.15, 0.2) is 42.2 Å². The van der Waals surface area contributed by atoms with Gasteiger partial charge < -0.3 is 9.47 Å². The summed E-state index contributed by atoms with van der Waals surface area (Å²) in [7, 11) is 0. The van der Waals surface area contributed by atoms with E-state index in [1.54, 1.807) is 12.1 Å². The van der Waals surface area contributed by atoms with Gasteiger partial charge in [0.05, 0.1) is 6.61 Å². The molecule has 3 rings (SSSR count). The molecule has 0 amide bonds. The second-order valence-electron chi connectivity index (χ2n) is 7.84. The minimum atomic E-state index is -1.12. The molecule has 0 aliphatic carbocycles. The molecule has 1 saturated heterocycles. The first kappa shape index (κ1) is 24.5. The van der Waals surface area contributed by atoms with Gasteiger partial charge in [-0.1, -0.05) is 37.6 Å². The third-order valence-electron chi connectivity index (χ3n) is 5.51. The Bertz CT molecular complexity index is 1050. The van der Waals surface area contributed by atoms with E-state index in [4.69, 9.17) is 14.7 Å². The van der Waals surface area contributed by atoms with Crippen LogP contribution < -0.4 is 4.74 Å². The van der Waals surface area contributed by atoms with E-state index in [0.717, 1.165) is 24.1 Å². The molecule has 2 atom stereocenters. The van der Waals surface area contributed by atoms with Crippen LogP contribution in [-0.2, 0) is 9.53 Å². The maximum atomic E-state index is 14.2. The SMILES string of the molecule is CCCCC(F)=C(F)c1ccc(C2CCC(C(=O)Oc3cc(F)c(C#N)c(F)c3)OC2)cc1. The van der Waals surface area contributed by atoms with Crippen molar-refractivity contribution in [2.24, 2.45) is 0 Å². The van der Waals surface area contributed by atoms with Crippen molar-refractivity contribution in [1.82, 2.24) is 0 Å². The van der Waals surface area contributed by atoms with Gasteiger partial charge >= 0.3 is 5.97 Å². The fourth-order valence-electron chi connectivity index (χ4n) is 3.60. The number of hydrogen-bond acceptors (Lipinski definition) is 4. The molecule has 1 aliphatic rings. The number of hydrogen-bond donors (Lipinski definition) is 0. The molecule has 0 radical (unpaired) electrons. The Balaban J connectivity index is 1.57. The van der Waals surface area contributed by atoms with Crippen LogP contribution in [0.2, 0.25) is 0 Å². The third-order valence-corrected chi connectivity index (χ3v) is 5.51. The molecule has 0 saturated carbocycles.